The van der Waals surface area contributed by atoms with Gasteiger partial charge >= 0.3 is 5.56 Å². The summed E-state index contributed by atoms with van der Waals surface area (Å²) >= 11 is 0. The van der Waals surface area contributed by atoms with Crippen LogP contribution in [0, 0.1) is 17.0 Å². The maximum Gasteiger partial charge on any atom is 0.318 e. The van der Waals surface area contributed by atoms with Crippen molar-refractivity contribution in [3.05, 3.63) is 86.3 Å². The Labute approximate surface area is 196 Å². The van der Waals surface area contributed by atoms with Gasteiger partial charge in [0.25, 0.3) is 17.2 Å². The van der Waals surface area contributed by atoms with Gasteiger partial charge in [0.2, 0.25) is 5.69 Å². The summed E-state index contributed by atoms with van der Waals surface area (Å²) in [4.78, 5) is 26.6. The lowest BCUT2D eigenvalue weighted by Crippen LogP contribution is -2.41. The summed E-state index contributed by atoms with van der Waals surface area (Å²) in [5.74, 6) is 0.887. The molecular formula is C25H28N5O4+. The molecule has 2 aliphatic rings. The third-order valence-electron chi connectivity index (χ3n) is 7.04. The number of anilines is 1. The van der Waals surface area contributed by atoms with Crippen LogP contribution in [-0.4, -0.2) is 42.9 Å². The summed E-state index contributed by atoms with van der Waals surface area (Å²) < 4.78 is 5.41. The molecule has 0 saturated heterocycles. The highest BCUT2D eigenvalue weighted by atomic mass is 16.6. The van der Waals surface area contributed by atoms with Gasteiger partial charge in [-0.3, -0.25) is 19.6 Å². The Hall–Kier alpha value is -3.72. The van der Waals surface area contributed by atoms with E-state index in [1.54, 1.807) is 16.8 Å². The summed E-state index contributed by atoms with van der Waals surface area (Å²) in [6.07, 6.45) is 3.58. The van der Waals surface area contributed by atoms with E-state index in [4.69, 9.17) is 0 Å². The van der Waals surface area contributed by atoms with Gasteiger partial charge in [0, 0.05) is 31.2 Å². The largest absolute Gasteiger partial charge is 0.346 e. The summed E-state index contributed by atoms with van der Waals surface area (Å²) in [6, 6.07) is 15.6. The van der Waals surface area contributed by atoms with E-state index in [-0.39, 0.29) is 17.8 Å². The van der Waals surface area contributed by atoms with Crippen molar-refractivity contribution in [3.8, 4) is 5.69 Å². The van der Waals surface area contributed by atoms with Crippen LogP contribution >= 0.6 is 0 Å². The molecule has 0 bridgehead atoms. The average Bonchev–Trinajstić information content (AvgIpc) is 3.10. The van der Waals surface area contributed by atoms with E-state index in [0.717, 1.165) is 42.9 Å². The molecule has 0 saturated carbocycles. The van der Waals surface area contributed by atoms with E-state index in [9.17, 15) is 20.0 Å². The SMILES string of the molecule is Cc1c(N2C[C@@](O)(c3cccc([N+](=O)[O-])c3)[N+]3=C2CCCCC3)c(=O)n(-c2ccccc2)n1C. The van der Waals surface area contributed by atoms with Crippen LogP contribution in [0.15, 0.2) is 59.4 Å². The quantitative estimate of drug-likeness (QED) is 0.365. The second-order valence-electron chi connectivity index (χ2n) is 9.00. The van der Waals surface area contributed by atoms with E-state index < -0.39 is 10.6 Å². The molecule has 3 aromatic rings. The van der Waals surface area contributed by atoms with Crippen molar-refractivity contribution in [2.75, 3.05) is 18.0 Å². The van der Waals surface area contributed by atoms with Crippen molar-refractivity contribution in [2.45, 2.75) is 38.3 Å². The fourth-order valence-electron chi connectivity index (χ4n) is 5.26. The second-order valence-corrected chi connectivity index (χ2v) is 9.00. The second kappa shape index (κ2) is 8.25. The number of benzene rings is 2. The Morgan fingerprint density at radius 2 is 1.85 bits per heavy atom. The van der Waals surface area contributed by atoms with Gasteiger partial charge in [-0.1, -0.05) is 30.3 Å². The van der Waals surface area contributed by atoms with Crippen molar-refractivity contribution in [3.63, 3.8) is 0 Å². The highest BCUT2D eigenvalue weighted by Crippen LogP contribution is 2.36. The highest BCUT2D eigenvalue weighted by molar-refractivity contribution is 5.96. The molecule has 0 spiro atoms. The number of aliphatic hydroxyl groups is 1. The first-order valence-electron chi connectivity index (χ1n) is 11.6. The van der Waals surface area contributed by atoms with Gasteiger partial charge < -0.3 is 5.11 Å². The fraction of sp³-hybridized carbons (Fsp3) is 0.360. The van der Waals surface area contributed by atoms with Crippen LogP contribution in [0.5, 0.6) is 0 Å². The van der Waals surface area contributed by atoms with Crippen molar-refractivity contribution >= 4 is 17.2 Å². The van der Waals surface area contributed by atoms with Crippen LogP contribution in [0.25, 0.3) is 5.69 Å². The van der Waals surface area contributed by atoms with E-state index in [1.165, 1.54) is 12.1 Å². The summed E-state index contributed by atoms with van der Waals surface area (Å²) in [5.41, 5.74) is 0.830. The Bertz CT molecular complexity index is 1360. The van der Waals surface area contributed by atoms with Crippen LogP contribution in [-0.2, 0) is 12.8 Å². The minimum absolute atomic E-state index is 0.0666. The van der Waals surface area contributed by atoms with Crippen LogP contribution in [0.2, 0.25) is 0 Å². The van der Waals surface area contributed by atoms with E-state index in [0.29, 0.717) is 17.8 Å². The number of amidine groups is 1. The Kier molecular flexibility index (Phi) is 5.36. The topological polar surface area (TPSA) is 96.6 Å². The molecule has 0 fully saturated rings. The van der Waals surface area contributed by atoms with Crippen molar-refractivity contribution in [1.29, 1.82) is 0 Å². The number of nitro benzene ring substituents is 1. The Morgan fingerprint density at radius 3 is 2.59 bits per heavy atom. The number of hydrogen-bond donors (Lipinski definition) is 1. The molecule has 9 nitrogen and oxygen atoms in total. The van der Waals surface area contributed by atoms with E-state index in [2.05, 4.69) is 0 Å². The minimum atomic E-state index is -1.47. The predicted molar refractivity (Wildman–Crippen MR) is 129 cm³/mol. The molecular weight excluding hydrogens is 434 g/mol. The molecule has 1 atom stereocenters. The lowest BCUT2D eigenvalue weighted by Gasteiger charge is -2.23. The molecule has 2 aliphatic heterocycles. The van der Waals surface area contributed by atoms with Crippen LogP contribution in [0.1, 0.15) is 36.9 Å². The number of non-ortho nitro benzene ring substituents is 1. The standard InChI is InChI=1S/C25H28N5O4/c1-18-23(24(31)29(26(18)2)20-11-5-3-6-12-20)27-17-25(32,28-15-8-4-7-14-22(27)28)19-10-9-13-21(16-19)30(33)34/h3,5-6,9-13,16,32H,4,7-8,14-15,17H2,1-2H3/q+1/t25-/m1/s1. The van der Waals surface area contributed by atoms with Gasteiger partial charge in [-0.15, -0.1) is 0 Å². The minimum Gasteiger partial charge on any atom is -0.346 e. The number of aromatic nitrogens is 2. The van der Waals surface area contributed by atoms with E-state index in [1.807, 2.05) is 58.5 Å². The van der Waals surface area contributed by atoms with Gasteiger partial charge in [0.1, 0.15) is 0 Å². The molecule has 2 aromatic carbocycles. The fourth-order valence-corrected chi connectivity index (χ4v) is 5.26. The van der Waals surface area contributed by atoms with Gasteiger partial charge in [-0.05, 0) is 38.3 Å². The van der Waals surface area contributed by atoms with Crippen LogP contribution in [0.4, 0.5) is 11.4 Å². The van der Waals surface area contributed by atoms with Crippen molar-refractivity contribution in [1.82, 2.24) is 9.36 Å². The van der Waals surface area contributed by atoms with Gasteiger partial charge in [0.15, 0.2) is 6.54 Å². The molecule has 0 aliphatic carbocycles. The molecule has 9 heteroatoms. The monoisotopic (exact) mass is 462 g/mol. The lowest BCUT2D eigenvalue weighted by atomic mass is 10.0. The molecule has 0 unspecified atom stereocenters. The average molecular weight is 463 g/mol. The first-order chi connectivity index (χ1) is 16.3. The summed E-state index contributed by atoms with van der Waals surface area (Å²) in [5, 5.41) is 23.4. The predicted octanol–water partition coefficient (Wildman–Crippen LogP) is 3.04. The van der Waals surface area contributed by atoms with Crippen molar-refractivity contribution in [2.24, 2.45) is 7.05 Å². The molecule has 34 heavy (non-hydrogen) atoms. The zero-order valence-electron chi connectivity index (χ0n) is 19.3. The number of nitro groups is 1. The number of hydrogen-bond acceptors (Lipinski definition) is 5. The first kappa shape index (κ1) is 22.1. The summed E-state index contributed by atoms with van der Waals surface area (Å²) in [7, 11) is 1.85. The maximum absolute atomic E-state index is 13.7. The lowest BCUT2D eigenvalue weighted by molar-refractivity contribution is -0.658. The molecule has 0 radical (unpaired) electrons. The zero-order valence-corrected chi connectivity index (χ0v) is 19.3. The van der Waals surface area contributed by atoms with E-state index >= 15 is 0 Å². The third-order valence-corrected chi connectivity index (χ3v) is 7.04. The van der Waals surface area contributed by atoms with Gasteiger partial charge in [-0.2, -0.15) is 0 Å². The molecule has 0 amide bonds. The smallest absolute Gasteiger partial charge is 0.318 e. The summed E-state index contributed by atoms with van der Waals surface area (Å²) in [6.45, 7) is 2.64. The first-order valence-corrected chi connectivity index (χ1v) is 11.6. The Morgan fingerprint density at radius 1 is 1.09 bits per heavy atom. The normalized spacial score (nSPS) is 20.4. The number of para-hydroxylation sites is 1. The van der Waals surface area contributed by atoms with Crippen LogP contribution in [0.3, 0.4) is 0 Å². The van der Waals surface area contributed by atoms with Gasteiger partial charge in [-0.25, -0.2) is 14.2 Å². The van der Waals surface area contributed by atoms with Crippen LogP contribution < -0.4 is 10.5 Å². The Balaban J connectivity index is 1.67. The van der Waals surface area contributed by atoms with Gasteiger partial charge in [0.05, 0.1) is 22.8 Å². The molecule has 1 aromatic heterocycles. The molecule has 5 rings (SSSR count). The van der Waals surface area contributed by atoms with Crippen molar-refractivity contribution < 1.29 is 14.6 Å². The number of rotatable bonds is 4. The zero-order chi connectivity index (χ0) is 24.0. The third kappa shape index (κ3) is 3.35. The molecule has 176 valence electrons. The molecule has 3 heterocycles. The number of nitrogens with zero attached hydrogens (tertiary/aromatic N) is 5. The highest BCUT2D eigenvalue weighted by Gasteiger charge is 2.53. The maximum atomic E-state index is 13.7. The number of β-amino-alcohol motifs (C(OH)–C–C–N with tert-alkyl or cyclic N) is 1. The molecule has 1 N–H and O–H groups in total.